The van der Waals surface area contributed by atoms with Gasteiger partial charge in [0, 0.05) is 34.3 Å². The minimum atomic E-state index is -4.37. The van der Waals surface area contributed by atoms with Crippen molar-refractivity contribution in [1.82, 2.24) is 4.98 Å². The molecule has 90 valence electrons. The summed E-state index contributed by atoms with van der Waals surface area (Å²) in [6, 6.07) is 4.35. The quantitative estimate of drug-likeness (QED) is 0.897. The summed E-state index contributed by atoms with van der Waals surface area (Å²) in [5.41, 5.74) is 4.87. The van der Waals surface area contributed by atoms with E-state index in [1.54, 1.807) is 12.1 Å². The highest BCUT2D eigenvalue weighted by molar-refractivity contribution is 7.15. The molecule has 0 aliphatic rings. The maximum atomic E-state index is 12.8. The summed E-state index contributed by atoms with van der Waals surface area (Å²) in [5, 5.41) is 0. The molecule has 0 saturated carbocycles. The Morgan fingerprint density at radius 1 is 1.24 bits per heavy atom. The highest BCUT2D eigenvalue weighted by Crippen LogP contribution is 2.38. The van der Waals surface area contributed by atoms with E-state index in [0.717, 1.165) is 17.1 Å². The lowest BCUT2D eigenvalue weighted by Crippen LogP contribution is -2.06. The van der Waals surface area contributed by atoms with E-state index in [0.29, 0.717) is 11.4 Å². The summed E-state index contributed by atoms with van der Waals surface area (Å²) in [7, 11) is 0. The molecule has 0 aliphatic carbocycles. The number of hydrogen-bond donors (Lipinski definition) is 1. The molecule has 2 nitrogen and oxygen atoms in total. The minimum Gasteiger partial charge on any atom is -0.326 e. The molecule has 0 atom stereocenters. The van der Waals surface area contributed by atoms with Gasteiger partial charge < -0.3 is 5.73 Å². The van der Waals surface area contributed by atoms with Crippen LogP contribution in [0.25, 0.3) is 10.4 Å². The van der Waals surface area contributed by atoms with Gasteiger partial charge in [-0.2, -0.15) is 13.2 Å². The van der Waals surface area contributed by atoms with Gasteiger partial charge in [0.05, 0.1) is 5.56 Å². The number of rotatable bonds is 2. The molecule has 0 unspecified atom stereocenters. The third-order valence-corrected chi connectivity index (χ3v) is 3.40. The lowest BCUT2D eigenvalue weighted by molar-refractivity contribution is -0.137. The monoisotopic (exact) mass is 258 g/mol. The zero-order valence-electron chi connectivity index (χ0n) is 8.66. The number of alkyl halides is 3. The summed E-state index contributed by atoms with van der Waals surface area (Å²) in [6.07, 6.45) is -2.00. The van der Waals surface area contributed by atoms with Crippen LogP contribution in [0.15, 0.2) is 30.6 Å². The third kappa shape index (κ3) is 2.48. The van der Waals surface area contributed by atoms with Crippen molar-refractivity contribution in [2.45, 2.75) is 12.7 Å². The first-order valence-corrected chi connectivity index (χ1v) is 5.64. The van der Waals surface area contributed by atoms with Gasteiger partial charge in [0.15, 0.2) is 0 Å². The van der Waals surface area contributed by atoms with Crippen LogP contribution in [0.5, 0.6) is 0 Å². The number of nitrogens with two attached hydrogens (primary N) is 1. The first-order chi connectivity index (χ1) is 8.02. The van der Waals surface area contributed by atoms with Gasteiger partial charge >= 0.3 is 6.18 Å². The van der Waals surface area contributed by atoms with Gasteiger partial charge in [0.2, 0.25) is 0 Å². The Morgan fingerprint density at radius 2 is 2.00 bits per heavy atom. The van der Waals surface area contributed by atoms with E-state index in [-0.39, 0.29) is 5.56 Å². The molecule has 2 aromatic rings. The Labute approximate surface area is 99.9 Å². The number of nitrogens with zero attached hydrogens (tertiary/aromatic N) is 1. The fourth-order valence-electron chi connectivity index (χ4n) is 1.47. The molecule has 0 spiro atoms. The van der Waals surface area contributed by atoms with Gasteiger partial charge in [-0.3, -0.25) is 4.98 Å². The van der Waals surface area contributed by atoms with E-state index in [9.17, 15) is 13.2 Å². The van der Waals surface area contributed by atoms with Crippen LogP contribution in [-0.2, 0) is 12.7 Å². The van der Waals surface area contributed by atoms with Crippen molar-refractivity contribution in [3.8, 4) is 10.4 Å². The molecule has 0 fully saturated rings. The van der Waals surface area contributed by atoms with E-state index in [1.807, 2.05) is 0 Å². The molecule has 6 heteroatoms. The number of halogens is 3. The smallest absolute Gasteiger partial charge is 0.326 e. The SMILES string of the molecule is NCc1ccc(-c2cnccc2C(F)(F)F)s1. The Balaban J connectivity index is 2.52. The summed E-state index contributed by atoms with van der Waals surface area (Å²) in [4.78, 5) is 5.12. The fourth-order valence-corrected chi connectivity index (χ4v) is 2.38. The van der Waals surface area contributed by atoms with Crippen molar-refractivity contribution in [2.75, 3.05) is 0 Å². The Morgan fingerprint density at radius 3 is 2.59 bits per heavy atom. The molecule has 0 radical (unpaired) electrons. The largest absolute Gasteiger partial charge is 0.417 e. The van der Waals surface area contributed by atoms with Gasteiger partial charge in [0.1, 0.15) is 0 Å². The highest BCUT2D eigenvalue weighted by Gasteiger charge is 2.33. The second-order valence-corrected chi connectivity index (χ2v) is 4.56. The predicted octanol–water partition coefficient (Wildman–Crippen LogP) is 3.29. The number of thiophene rings is 1. The van der Waals surface area contributed by atoms with Gasteiger partial charge in [-0.15, -0.1) is 11.3 Å². The van der Waals surface area contributed by atoms with Gasteiger partial charge in [-0.05, 0) is 18.2 Å². The number of pyridine rings is 1. The third-order valence-electron chi connectivity index (χ3n) is 2.25. The van der Waals surface area contributed by atoms with Crippen molar-refractivity contribution in [1.29, 1.82) is 0 Å². The molecule has 0 aliphatic heterocycles. The highest BCUT2D eigenvalue weighted by atomic mass is 32.1. The maximum Gasteiger partial charge on any atom is 0.417 e. The predicted molar refractivity (Wildman–Crippen MR) is 60.4 cm³/mol. The summed E-state index contributed by atoms with van der Waals surface area (Å²) in [6.45, 7) is 0.326. The van der Waals surface area contributed by atoms with Gasteiger partial charge in [-0.25, -0.2) is 0 Å². The van der Waals surface area contributed by atoms with E-state index < -0.39 is 11.7 Å². The van der Waals surface area contributed by atoms with Crippen molar-refractivity contribution in [2.24, 2.45) is 5.73 Å². The van der Waals surface area contributed by atoms with Crippen molar-refractivity contribution < 1.29 is 13.2 Å². The van der Waals surface area contributed by atoms with E-state index >= 15 is 0 Å². The Bertz CT molecular complexity index is 519. The van der Waals surface area contributed by atoms with Gasteiger partial charge in [0.25, 0.3) is 0 Å². The molecule has 0 amide bonds. The van der Waals surface area contributed by atoms with Crippen LogP contribution >= 0.6 is 11.3 Å². The molecule has 2 rings (SSSR count). The molecule has 2 N–H and O–H groups in total. The average molecular weight is 258 g/mol. The standard InChI is InChI=1S/C11H9F3N2S/c12-11(13,14)9-3-4-16-6-8(9)10-2-1-7(5-15)17-10/h1-4,6H,5,15H2. The van der Waals surface area contributed by atoms with E-state index in [2.05, 4.69) is 4.98 Å². The molecule has 2 heterocycles. The fraction of sp³-hybridized carbons (Fsp3) is 0.182. The number of aromatic nitrogens is 1. The van der Waals surface area contributed by atoms with Crippen molar-refractivity contribution >= 4 is 11.3 Å². The lowest BCUT2D eigenvalue weighted by Gasteiger charge is -2.10. The van der Waals surface area contributed by atoms with Crippen LogP contribution in [0, 0.1) is 0 Å². The van der Waals surface area contributed by atoms with Crippen LogP contribution in [0.1, 0.15) is 10.4 Å². The molecular formula is C11H9F3N2S. The van der Waals surface area contributed by atoms with E-state index in [4.69, 9.17) is 5.73 Å². The van der Waals surface area contributed by atoms with E-state index in [1.165, 1.54) is 17.5 Å². The normalized spacial score (nSPS) is 11.8. The summed E-state index contributed by atoms with van der Waals surface area (Å²) < 4.78 is 38.3. The van der Waals surface area contributed by atoms with Crippen molar-refractivity contribution in [3.63, 3.8) is 0 Å². The van der Waals surface area contributed by atoms with Crippen LogP contribution < -0.4 is 5.73 Å². The Hall–Kier alpha value is -1.40. The lowest BCUT2D eigenvalue weighted by atomic mass is 10.1. The van der Waals surface area contributed by atoms with Crippen LogP contribution in [-0.4, -0.2) is 4.98 Å². The maximum absolute atomic E-state index is 12.8. The average Bonchev–Trinajstić information content (AvgIpc) is 2.76. The first-order valence-electron chi connectivity index (χ1n) is 4.82. The second kappa shape index (κ2) is 4.46. The number of hydrogen-bond acceptors (Lipinski definition) is 3. The summed E-state index contributed by atoms with van der Waals surface area (Å²) >= 11 is 1.25. The topological polar surface area (TPSA) is 38.9 Å². The molecule has 0 bridgehead atoms. The Kier molecular flexibility index (Phi) is 3.17. The second-order valence-electron chi connectivity index (χ2n) is 3.39. The molecule has 17 heavy (non-hydrogen) atoms. The zero-order chi connectivity index (χ0) is 12.5. The minimum absolute atomic E-state index is 0.102. The first kappa shape index (κ1) is 12.1. The van der Waals surface area contributed by atoms with Crippen LogP contribution in [0.3, 0.4) is 0 Å². The van der Waals surface area contributed by atoms with Crippen LogP contribution in [0.4, 0.5) is 13.2 Å². The molecule has 2 aromatic heterocycles. The van der Waals surface area contributed by atoms with Crippen LogP contribution in [0.2, 0.25) is 0 Å². The summed E-state index contributed by atoms with van der Waals surface area (Å²) in [5.74, 6) is 0. The molecule has 0 aromatic carbocycles. The molecular weight excluding hydrogens is 249 g/mol. The van der Waals surface area contributed by atoms with Crippen molar-refractivity contribution in [3.05, 3.63) is 41.0 Å². The zero-order valence-corrected chi connectivity index (χ0v) is 9.48. The molecule has 0 saturated heterocycles. The van der Waals surface area contributed by atoms with Gasteiger partial charge in [-0.1, -0.05) is 0 Å².